The van der Waals surface area contributed by atoms with Crippen molar-refractivity contribution in [3.05, 3.63) is 82.8 Å². The molecule has 0 aliphatic rings. The van der Waals surface area contributed by atoms with Crippen LogP contribution in [0.4, 0.5) is 4.39 Å². The van der Waals surface area contributed by atoms with Gasteiger partial charge >= 0.3 is 0 Å². The van der Waals surface area contributed by atoms with Crippen LogP contribution in [-0.4, -0.2) is 23.7 Å². The second-order valence-corrected chi connectivity index (χ2v) is 6.11. The van der Waals surface area contributed by atoms with E-state index in [4.69, 9.17) is 16.3 Å². The lowest BCUT2D eigenvalue weighted by Gasteiger charge is -2.06. The van der Waals surface area contributed by atoms with Crippen LogP contribution in [0.3, 0.4) is 0 Å². The lowest BCUT2D eigenvalue weighted by atomic mass is 10.1. The zero-order valence-corrected chi connectivity index (χ0v) is 15.8. The molecular weight excluding hydrogens is 381 g/mol. The topological polar surface area (TPSA) is 63.6 Å². The predicted octanol–water partition coefficient (Wildman–Crippen LogP) is 4.70. The van der Waals surface area contributed by atoms with E-state index in [9.17, 15) is 9.18 Å². The first-order valence-corrected chi connectivity index (χ1v) is 8.94. The zero-order chi connectivity index (χ0) is 19.9. The molecule has 5 nitrogen and oxygen atoms in total. The maximum absolute atomic E-state index is 13.7. The Labute approximate surface area is 166 Å². The van der Waals surface area contributed by atoms with Gasteiger partial charge in [0.05, 0.1) is 23.5 Å². The molecule has 3 rings (SSSR count). The standard InChI is InChI=1S/C21H17ClFN3O2/c1-2-28-15-11-9-14(10-12-15)19-7-4-8-20(25-19)21(27)26-24-13-16-17(22)5-3-6-18(16)23/h3-13H,2H2,1H3,(H,26,27)/b24-13+. The number of hydrogen-bond donors (Lipinski definition) is 1. The second kappa shape index (κ2) is 9.10. The molecule has 3 aromatic rings. The van der Waals surface area contributed by atoms with Gasteiger partial charge in [-0.1, -0.05) is 23.7 Å². The van der Waals surface area contributed by atoms with Crippen molar-refractivity contribution in [2.24, 2.45) is 5.10 Å². The highest BCUT2D eigenvalue weighted by molar-refractivity contribution is 6.33. The molecular formula is C21H17ClFN3O2. The molecule has 0 aliphatic carbocycles. The molecule has 1 heterocycles. The summed E-state index contributed by atoms with van der Waals surface area (Å²) in [6.45, 7) is 2.51. The average molecular weight is 398 g/mol. The smallest absolute Gasteiger partial charge is 0.289 e. The minimum absolute atomic E-state index is 0.0977. The molecule has 0 saturated heterocycles. The number of hydrazone groups is 1. The van der Waals surface area contributed by atoms with Gasteiger partial charge in [-0.2, -0.15) is 5.10 Å². The fraction of sp³-hybridized carbons (Fsp3) is 0.0952. The lowest BCUT2D eigenvalue weighted by molar-refractivity contribution is 0.0950. The fourth-order valence-electron chi connectivity index (χ4n) is 2.46. The summed E-state index contributed by atoms with van der Waals surface area (Å²) in [6, 6.07) is 16.8. The third kappa shape index (κ3) is 4.72. The Morgan fingerprint density at radius 2 is 1.93 bits per heavy atom. The number of halogens is 2. The summed E-state index contributed by atoms with van der Waals surface area (Å²) in [7, 11) is 0. The van der Waals surface area contributed by atoms with Crippen molar-refractivity contribution in [3.8, 4) is 17.0 Å². The van der Waals surface area contributed by atoms with Crippen LogP contribution in [-0.2, 0) is 0 Å². The first-order valence-electron chi connectivity index (χ1n) is 8.56. The predicted molar refractivity (Wildman–Crippen MR) is 107 cm³/mol. The van der Waals surface area contributed by atoms with Gasteiger partial charge in [0.1, 0.15) is 17.3 Å². The Kier molecular flexibility index (Phi) is 6.34. The van der Waals surface area contributed by atoms with Gasteiger partial charge in [0.15, 0.2) is 0 Å². The van der Waals surface area contributed by atoms with E-state index in [1.807, 2.05) is 31.2 Å². The molecule has 0 saturated carbocycles. The average Bonchev–Trinajstić information content (AvgIpc) is 2.71. The number of hydrogen-bond acceptors (Lipinski definition) is 4. The van der Waals surface area contributed by atoms with E-state index in [1.54, 1.807) is 18.2 Å². The highest BCUT2D eigenvalue weighted by Crippen LogP contribution is 2.21. The summed E-state index contributed by atoms with van der Waals surface area (Å²) in [5, 5.41) is 3.97. The highest BCUT2D eigenvalue weighted by atomic mass is 35.5. The van der Waals surface area contributed by atoms with E-state index in [-0.39, 0.29) is 16.3 Å². The SMILES string of the molecule is CCOc1ccc(-c2cccc(C(=O)N/N=C/c3c(F)cccc3Cl)n2)cc1. The third-order valence-electron chi connectivity index (χ3n) is 3.80. The lowest BCUT2D eigenvalue weighted by Crippen LogP contribution is -2.19. The van der Waals surface area contributed by atoms with Gasteiger partial charge in [-0.05, 0) is 55.5 Å². The Hall–Kier alpha value is -3.25. The van der Waals surface area contributed by atoms with Gasteiger partial charge in [0.2, 0.25) is 0 Å². The molecule has 0 atom stereocenters. The summed E-state index contributed by atoms with van der Waals surface area (Å²) in [6.07, 6.45) is 1.16. The quantitative estimate of drug-likeness (QED) is 0.484. The Morgan fingerprint density at radius 1 is 1.18 bits per heavy atom. The number of benzene rings is 2. The molecule has 28 heavy (non-hydrogen) atoms. The molecule has 0 radical (unpaired) electrons. The fourth-order valence-corrected chi connectivity index (χ4v) is 2.67. The second-order valence-electron chi connectivity index (χ2n) is 5.70. The Morgan fingerprint density at radius 3 is 2.64 bits per heavy atom. The summed E-state index contributed by atoms with van der Waals surface area (Å²) >= 11 is 5.92. The molecule has 0 bridgehead atoms. The molecule has 1 amide bonds. The first-order chi connectivity index (χ1) is 13.6. The molecule has 7 heteroatoms. The van der Waals surface area contributed by atoms with Crippen LogP contribution in [0.2, 0.25) is 5.02 Å². The number of aromatic nitrogens is 1. The zero-order valence-electron chi connectivity index (χ0n) is 15.0. The first kappa shape index (κ1) is 19.5. The molecule has 1 N–H and O–H groups in total. The van der Waals surface area contributed by atoms with E-state index >= 15 is 0 Å². The van der Waals surface area contributed by atoms with Crippen molar-refractivity contribution in [3.63, 3.8) is 0 Å². The highest BCUT2D eigenvalue weighted by Gasteiger charge is 2.09. The Balaban J connectivity index is 1.72. The summed E-state index contributed by atoms with van der Waals surface area (Å²) in [5.74, 6) is -0.279. The van der Waals surface area contributed by atoms with Crippen LogP contribution in [0.15, 0.2) is 65.8 Å². The van der Waals surface area contributed by atoms with E-state index < -0.39 is 11.7 Å². The van der Waals surface area contributed by atoms with Crippen molar-refractivity contribution >= 4 is 23.7 Å². The van der Waals surface area contributed by atoms with Gasteiger partial charge in [-0.15, -0.1) is 0 Å². The minimum atomic E-state index is -0.527. The molecule has 142 valence electrons. The molecule has 0 unspecified atom stereocenters. The van der Waals surface area contributed by atoms with Crippen LogP contribution < -0.4 is 10.2 Å². The molecule has 1 aromatic heterocycles. The molecule has 0 spiro atoms. The van der Waals surface area contributed by atoms with Crippen LogP contribution in [0, 0.1) is 5.82 Å². The number of ether oxygens (including phenoxy) is 1. The van der Waals surface area contributed by atoms with Crippen molar-refractivity contribution in [2.75, 3.05) is 6.61 Å². The number of amides is 1. The number of carbonyl (C=O) groups is 1. The van der Waals surface area contributed by atoms with Crippen LogP contribution in [0.25, 0.3) is 11.3 Å². The largest absolute Gasteiger partial charge is 0.494 e. The molecule has 2 aromatic carbocycles. The number of pyridine rings is 1. The number of nitrogens with one attached hydrogen (secondary N) is 1. The maximum atomic E-state index is 13.7. The van der Waals surface area contributed by atoms with Gasteiger partial charge in [-0.3, -0.25) is 4.79 Å². The third-order valence-corrected chi connectivity index (χ3v) is 4.13. The number of nitrogens with zero attached hydrogens (tertiary/aromatic N) is 2. The summed E-state index contributed by atoms with van der Waals surface area (Å²) < 4.78 is 19.1. The summed E-state index contributed by atoms with van der Waals surface area (Å²) in [5.41, 5.74) is 4.09. The van der Waals surface area contributed by atoms with Crippen molar-refractivity contribution in [2.45, 2.75) is 6.92 Å². The maximum Gasteiger partial charge on any atom is 0.289 e. The van der Waals surface area contributed by atoms with Gasteiger partial charge in [-0.25, -0.2) is 14.8 Å². The van der Waals surface area contributed by atoms with E-state index in [1.165, 1.54) is 18.2 Å². The van der Waals surface area contributed by atoms with Crippen molar-refractivity contribution in [1.82, 2.24) is 10.4 Å². The van der Waals surface area contributed by atoms with E-state index in [2.05, 4.69) is 15.5 Å². The minimum Gasteiger partial charge on any atom is -0.494 e. The van der Waals surface area contributed by atoms with Crippen LogP contribution in [0.5, 0.6) is 5.75 Å². The van der Waals surface area contributed by atoms with Crippen LogP contribution >= 0.6 is 11.6 Å². The van der Waals surface area contributed by atoms with Gasteiger partial charge in [0, 0.05) is 11.1 Å². The van der Waals surface area contributed by atoms with Crippen LogP contribution in [0.1, 0.15) is 23.0 Å². The van der Waals surface area contributed by atoms with Gasteiger partial charge < -0.3 is 4.74 Å². The van der Waals surface area contributed by atoms with E-state index in [0.717, 1.165) is 17.5 Å². The van der Waals surface area contributed by atoms with Gasteiger partial charge in [0.25, 0.3) is 5.91 Å². The normalized spacial score (nSPS) is 10.8. The number of rotatable bonds is 6. The summed E-state index contributed by atoms with van der Waals surface area (Å²) in [4.78, 5) is 16.6. The number of carbonyl (C=O) groups excluding carboxylic acids is 1. The Bertz CT molecular complexity index is 987. The van der Waals surface area contributed by atoms with Crippen molar-refractivity contribution < 1.29 is 13.9 Å². The monoisotopic (exact) mass is 397 g/mol. The molecule has 0 fully saturated rings. The van der Waals surface area contributed by atoms with E-state index in [0.29, 0.717) is 12.3 Å². The van der Waals surface area contributed by atoms with Crippen molar-refractivity contribution in [1.29, 1.82) is 0 Å². The molecule has 0 aliphatic heterocycles.